The molecule has 5 nitrogen and oxygen atoms in total. The molecule has 0 aromatic heterocycles. The minimum absolute atomic E-state index is 0.0231. The van der Waals surface area contributed by atoms with E-state index in [-0.39, 0.29) is 22.9 Å². The Morgan fingerprint density at radius 1 is 1.35 bits per heavy atom. The van der Waals surface area contributed by atoms with Crippen LogP contribution in [0.3, 0.4) is 0 Å². The van der Waals surface area contributed by atoms with Gasteiger partial charge in [-0.3, -0.25) is 9.59 Å². The Labute approximate surface area is 106 Å². The molecule has 3 N–H and O–H groups in total. The summed E-state index contributed by atoms with van der Waals surface area (Å²) in [7, 11) is 0. The SMILES string of the molecule is CC(=O)OCC1CCC(C(=O)NC(N)=S)CC1. The van der Waals surface area contributed by atoms with Gasteiger partial charge in [-0.1, -0.05) is 0 Å². The van der Waals surface area contributed by atoms with Crippen molar-refractivity contribution in [2.45, 2.75) is 32.6 Å². The maximum atomic E-state index is 11.6. The summed E-state index contributed by atoms with van der Waals surface area (Å²) in [5.74, 6) is -0.000334. The van der Waals surface area contributed by atoms with Gasteiger partial charge < -0.3 is 15.8 Å². The van der Waals surface area contributed by atoms with Gasteiger partial charge in [-0.2, -0.15) is 0 Å². The highest BCUT2D eigenvalue weighted by atomic mass is 32.1. The number of hydrogen-bond donors (Lipinski definition) is 2. The van der Waals surface area contributed by atoms with E-state index in [1.165, 1.54) is 6.92 Å². The quantitative estimate of drug-likeness (QED) is 0.575. The molecular formula is C11H18N2O3S. The van der Waals surface area contributed by atoms with Gasteiger partial charge in [-0.05, 0) is 43.8 Å². The van der Waals surface area contributed by atoms with E-state index < -0.39 is 0 Å². The molecule has 0 saturated heterocycles. The molecule has 0 heterocycles. The van der Waals surface area contributed by atoms with Crippen LogP contribution in [0.15, 0.2) is 0 Å². The Balaban J connectivity index is 2.27. The second kappa shape index (κ2) is 6.54. The number of amides is 1. The molecule has 1 fully saturated rings. The minimum Gasteiger partial charge on any atom is -0.466 e. The fourth-order valence-electron chi connectivity index (χ4n) is 2.05. The van der Waals surface area contributed by atoms with Gasteiger partial charge in [0.15, 0.2) is 5.11 Å². The lowest BCUT2D eigenvalue weighted by Crippen LogP contribution is -2.40. The molecule has 0 bridgehead atoms. The molecule has 96 valence electrons. The van der Waals surface area contributed by atoms with Crippen molar-refractivity contribution < 1.29 is 14.3 Å². The summed E-state index contributed by atoms with van der Waals surface area (Å²) in [6, 6.07) is 0. The highest BCUT2D eigenvalue weighted by Gasteiger charge is 2.26. The van der Waals surface area contributed by atoms with Crippen LogP contribution in [0, 0.1) is 11.8 Å². The van der Waals surface area contributed by atoms with Gasteiger partial charge in [0.2, 0.25) is 5.91 Å². The van der Waals surface area contributed by atoms with Crippen LogP contribution in [0.1, 0.15) is 32.6 Å². The molecule has 0 aliphatic heterocycles. The van der Waals surface area contributed by atoms with Crippen molar-refractivity contribution in [2.75, 3.05) is 6.61 Å². The fraction of sp³-hybridized carbons (Fsp3) is 0.727. The molecule has 1 aliphatic carbocycles. The van der Waals surface area contributed by atoms with Gasteiger partial charge in [0.05, 0.1) is 6.61 Å². The van der Waals surface area contributed by atoms with Crippen molar-refractivity contribution in [2.24, 2.45) is 17.6 Å². The van der Waals surface area contributed by atoms with Crippen molar-refractivity contribution in [3.8, 4) is 0 Å². The van der Waals surface area contributed by atoms with E-state index in [1.54, 1.807) is 0 Å². The molecule has 1 rings (SSSR count). The standard InChI is InChI=1S/C11H18N2O3S/c1-7(14)16-6-8-2-4-9(5-3-8)10(15)13-11(12)17/h8-9H,2-6H2,1H3,(H3,12,13,15,17). The van der Waals surface area contributed by atoms with Crippen molar-refractivity contribution in [1.82, 2.24) is 5.32 Å². The summed E-state index contributed by atoms with van der Waals surface area (Å²) < 4.78 is 4.96. The van der Waals surface area contributed by atoms with E-state index in [9.17, 15) is 9.59 Å². The van der Waals surface area contributed by atoms with Crippen molar-refractivity contribution in [3.05, 3.63) is 0 Å². The number of esters is 1. The first kappa shape index (κ1) is 13.9. The molecule has 0 atom stereocenters. The predicted octanol–water partition coefficient (Wildman–Crippen LogP) is 0.716. The summed E-state index contributed by atoms with van der Waals surface area (Å²) in [6.45, 7) is 1.86. The maximum Gasteiger partial charge on any atom is 0.302 e. The van der Waals surface area contributed by atoms with E-state index in [4.69, 9.17) is 10.5 Å². The lowest BCUT2D eigenvalue weighted by atomic mass is 9.82. The molecular weight excluding hydrogens is 240 g/mol. The molecule has 17 heavy (non-hydrogen) atoms. The number of carbonyl (C=O) groups excluding carboxylic acids is 2. The van der Waals surface area contributed by atoms with Gasteiger partial charge in [-0.15, -0.1) is 0 Å². The molecule has 1 saturated carbocycles. The molecule has 0 radical (unpaired) electrons. The monoisotopic (exact) mass is 258 g/mol. The average molecular weight is 258 g/mol. The topological polar surface area (TPSA) is 81.4 Å². The van der Waals surface area contributed by atoms with Crippen LogP contribution in [-0.4, -0.2) is 23.6 Å². The summed E-state index contributed by atoms with van der Waals surface area (Å²) in [6.07, 6.45) is 3.37. The van der Waals surface area contributed by atoms with E-state index in [0.717, 1.165) is 25.7 Å². The lowest BCUT2D eigenvalue weighted by Gasteiger charge is -2.27. The maximum absolute atomic E-state index is 11.6. The van der Waals surface area contributed by atoms with Crippen molar-refractivity contribution in [1.29, 1.82) is 0 Å². The molecule has 0 unspecified atom stereocenters. The zero-order chi connectivity index (χ0) is 12.8. The summed E-state index contributed by atoms with van der Waals surface area (Å²) in [4.78, 5) is 22.3. The summed E-state index contributed by atoms with van der Waals surface area (Å²) in [5.41, 5.74) is 5.25. The van der Waals surface area contributed by atoms with Crippen molar-refractivity contribution in [3.63, 3.8) is 0 Å². The van der Waals surface area contributed by atoms with Gasteiger partial charge in [-0.25, -0.2) is 0 Å². The van der Waals surface area contributed by atoms with Gasteiger partial charge in [0.25, 0.3) is 0 Å². The third kappa shape index (κ3) is 5.12. The number of ether oxygens (including phenoxy) is 1. The van der Waals surface area contributed by atoms with E-state index in [0.29, 0.717) is 12.5 Å². The number of rotatable bonds is 3. The third-order valence-electron chi connectivity index (χ3n) is 2.99. The molecule has 6 heteroatoms. The lowest BCUT2D eigenvalue weighted by molar-refractivity contribution is -0.143. The van der Waals surface area contributed by atoms with Crippen LogP contribution in [0.25, 0.3) is 0 Å². The van der Waals surface area contributed by atoms with Crippen LogP contribution >= 0.6 is 12.2 Å². The van der Waals surface area contributed by atoms with Crippen LogP contribution in [-0.2, 0) is 14.3 Å². The normalized spacial score (nSPS) is 23.8. The Morgan fingerprint density at radius 2 is 1.94 bits per heavy atom. The minimum atomic E-state index is -0.252. The predicted molar refractivity (Wildman–Crippen MR) is 67.0 cm³/mol. The van der Waals surface area contributed by atoms with Crippen LogP contribution in [0.2, 0.25) is 0 Å². The second-order valence-electron chi connectivity index (χ2n) is 4.37. The molecule has 0 aromatic carbocycles. The van der Waals surface area contributed by atoms with Crippen LogP contribution in [0.4, 0.5) is 0 Å². The Hall–Kier alpha value is -1.17. The molecule has 0 spiro atoms. The molecule has 1 aliphatic rings. The van der Waals surface area contributed by atoms with E-state index in [1.807, 2.05) is 0 Å². The highest BCUT2D eigenvalue weighted by molar-refractivity contribution is 7.80. The summed E-state index contributed by atoms with van der Waals surface area (Å²) in [5, 5.41) is 2.49. The van der Waals surface area contributed by atoms with Gasteiger partial charge in [0.1, 0.15) is 0 Å². The van der Waals surface area contributed by atoms with Crippen molar-refractivity contribution >= 4 is 29.2 Å². The van der Waals surface area contributed by atoms with Gasteiger partial charge >= 0.3 is 5.97 Å². The highest BCUT2D eigenvalue weighted by Crippen LogP contribution is 2.29. The Kier molecular flexibility index (Phi) is 5.34. The van der Waals surface area contributed by atoms with Crippen LogP contribution < -0.4 is 11.1 Å². The first-order chi connectivity index (χ1) is 7.99. The first-order valence-electron chi connectivity index (χ1n) is 5.72. The number of hydrogen-bond acceptors (Lipinski definition) is 4. The largest absolute Gasteiger partial charge is 0.466 e. The van der Waals surface area contributed by atoms with E-state index >= 15 is 0 Å². The Bertz CT molecular complexity index is 312. The first-order valence-corrected chi connectivity index (χ1v) is 6.13. The number of nitrogens with one attached hydrogen (secondary N) is 1. The zero-order valence-electron chi connectivity index (χ0n) is 9.90. The fourth-order valence-corrected chi connectivity index (χ4v) is 2.15. The number of carbonyl (C=O) groups is 2. The number of thiocarbonyl (C=S) groups is 1. The van der Waals surface area contributed by atoms with Gasteiger partial charge in [0, 0.05) is 12.8 Å². The second-order valence-corrected chi connectivity index (χ2v) is 4.81. The number of nitrogens with two attached hydrogens (primary N) is 1. The third-order valence-corrected chi connectivity index (χ3v) is 3.09. The average Bonchev–Trinajstić information content (AvgIpc) is 2.26. The Morgan fingerprint density at radius 3 is 2.41 bits per heavy atom. The smallest absolute Gasteiger partial charge is 0.302 e. The zero-order valence-corrected chi connectivity index (χ0v) is 10.7. The molecule has 0 aromatic rings. The molecule has 1 amide bonds. The van der Waals surface area contributed by atoms with E-state index in [2.05, 4.69) is 17.5 Å². The summed E-state index contributed by atoms with van der Waals surface area (Å²) >= 11 is 4.62. The van der Waals surface area contributed by atoms with Crippen LogP contribution in [0.5, 0.6) is 0 Å².